The first-order chi connectivity index (χ1) is 3.41. The highest BCUT2D eigenvalue weighted by atomic mass is 14.9. The second-order valence-electron chi connectivity index (χ2n) is 1.36. The van der Waals surface area contributed by atoms with Gasteiger partial charge in [0.05, 0.1) is 0 Å². The molecular formula is C5H13N2. The summed E-state index contributed by atoms with van der Waals surface area (Å²) < 4.78 is 0. The van der Waals surface area contributed by atoms with Gasteiger partial charge in [0.15, 0.2) is 0 Å². The van der Waals surface area contributed by atoms with Crippen molar-refractivity contribution in [3.63, 3.8) is 0 Å². The SMILES string of the molecule is CC[CH]NCCN. The number of nitrogens with one attached hydrogen (secondary N) is 1. The highest BCUT2D eigenvalue weighted by molar-refractivity contribution is 4.56. The Labute approximate surface area is 45.1 Å². The summed E-state index contributed by atoms with van der Waals surface area (Å²) >= 11 is 0. The predicted octanol–water partition coefficient (Wildman–Crippen LogP) is 0.106. The Morgan fingerprint density at radius 3 is 2.86 bits per heavy atom. The van der Waals surface area contributed by atoms with Gasteiger partial charge in [-0.15, -0.1) is 0 Å². The van der Waals surface area contributed by atoms with Crippen molar-refractivity contribution in [1.82, 2.24) is 5.32 Å². The van der Waals surface area contributed by atoms with E-state index in [-0.39, 0.29) is 0 Å². The monoisotopic (exact) mass is 101 g/mol. The molecule has 43 valence electrons. The minimum atomic E-state index is 0.719. The summed E-state index contributed by atoms with van der Waals surface area (Å²) in [5.41, 5.74) is 5.19. The summed E-state index contributed by atoms with van der Waals surface area (Å²) in [4.78, 5) is 0. The molecular weight excluding hydrogens is 88.1 g/mol. The molecule has 0 aliphatic heterocycles. The van der Waals surface area contributed by atoms with Gasteiger partial charge in [-0.1, -0.05) is 6.92 Å². The Bertz CT molecular complexity index is 25.3. The first kappa shape index (κ1) is 6.92. The van der Waals surface area contributed by atoms with Crippen LogP contribution in [0.5, 0.6) is 0 Å². The number of hydrogen-bond acceptors (Lipinski definition) is 2. The van der Waals surface area contributed by atoms with Crippen LogP contribution in [0, 0.1) is 6.54 Å². The van der Waals surface area contributed by atoms with Crippen LogP contribution in [0.2, 0.25) is 0 Å². The van der Waals surface area contributed by atoms with E-state index >= 15 is 0 Å². The van der Waals surface area contributed by atoms with Crippen molar-refractivity contribution in [2.24, 2.45) is 5.73 Å². The summed E-state index contributed by atoms with van der Waals surface area (Å²) in [5.74, 6) is 0. The van der Waals surface area contributed by atoms with Gasteiger partial charge in [0, 0.05) is 19.6 Å². The van der Waals surface area contributed by atoms with E-state index in [0.717, 1.165) is 19.5 Å². The second-order valence-corrected chi connectivity index (χ2v) is 1.36. The van der Waals surface area contributed by atoms with Gasteiger partial charge in [-0.2, -0.15) is 0 Å². The van der Waals surface area contributed by atoms with Gasteiger partial charge < -0.3 is 11.1 Å². The lowest BCUT2D eigenvalue weighted by Gasteiger charge is -1.95. The fourth-order valence-electron chi connectivity index (χ4n) is 0.330. The topological polar surface area (TPSA) is 38.0 Å². The Kier molecular flexibility index (Phi) is 5.85. The number of rotatable bonds is 4. The van der Waals surface area contributed by atoms with E-state index in [1.165, 1.54) is 0 Å². The van der Waals surface area contributed by atoms with Crippen LogP contribution in [-0.4, -0.2) is 13.1 Å². The molecule has 0 spiro atoms. The molecule has 0 aromatic rings. The van der Waals surface area contributed by atoms with E-state index in [1.54, 1.807) is 0 Å². The Hall–Kier alpha value is -0.0800. The standard InChI is InChI=1S/C5H13N2/c1-2-4-7-5-3-6/h4,7H,2-3,5-6H2,1H3. The Balaban J connectivity index is 2.45. The third kappa shape index (κ3) is 5.92. The van der Waals surface area contributed by atoms with Crippen LogP contribution in [0.25, 0.3) is 0 Å². The van der Waals surface area contributed by atoms with Crippen molar-refractivity contribution in [1.29, 1.82) is 0 Å². The zero-order valence-electron chi connectivity index (χ0n) is 4.78. The van der Waals surface area contributed by atoms with Crippen LogP contribution in [0.1, 0.15) is 13.3 Å². The minimum absolute atomic E-state index is 0.719. The van der Waals surface area contributed by atoms with E-state index in [9.17, 15) is 0 Å². The first-order valence-corrected chi connectivity index (χ1v) is 2.67. The normalized spacial score (nSPS) is 9.43. The van der Waals surface area contributed by atoms with Crippen molar-refractivity contribution in [3.8, 4) is 0 Å². The van der Waals surface area contributed by atoms with Gasteiger partial charge in [-0.05, 0) is 6.42 Å². The number of hydrogen-bond donors (Lipinski definition) is 2. The van der Waals surface area contributed by atoms with Crippen LogP contribution in [-0.2, 0) is 0 Å². The van der Waals surface area contributed by atoms with Crippen LogP contribution in [0.3, 0.4) is 0 Å². The molecule has 3 N–H and O–H groups in total. The molecule has 0 atom stereocenters. The number of nitrogens with two attached hydrogens (primary N) is 1. The van der Waals surface area contributed by atoms with Crippen molar-refractivity contribution in [2.45, 2.75) is 13.3 Å². The smallest absolute Gasteiger partial charge is 0.0219 e. The average Bonchev–Trinajstić information content (AvgIpc) is 1.69. The summed E-state index contributed by atoms with van der Waals surface area (Å²) in [7, 11) is 0. The molecule has 0 aromatic heterocycles. The molecule has 1 radical (unpaired) electrons. The molecule has 0 saturated carbocycles. The maximum atomic E-state index is 5.19. The van der Waals surface area contributed by atoms with Crippen molar-refractivity contribution >= 4 is 0 Å². The lowest BCUT2D eigenvalue weighted by Crippen LogP contribution is -2.19. The maximum absolute atomic E-state index is 5.19. The largest absolute Gasteiger partial charge is 0.329 e. The molecule has 0 aromatic carbocycles. The van der Waals surface area contributed by atoms with Crippen LogP contribution in [0.4, 0.5) is 0 Å². The molecule has 0 unspecified atom stereocenters. The zero-order valence-corrected chi connectivity index (χ0v) is 4.78. The molecule has 7 heavy (non-hydrogen) atoms. The maximum Gasteiger partial charge on any atom is 0.0219 e. The zero-order chi connectivity index (χ0) is 5.54. The molecule has 0 saturated heterocycles. The summed E-state index contributed by atoms with van der Waals surface area (Å²) in [6.45, 7) is 5.71. The average molecular weight is 101 g/mol. The van der Waals surface area contributed by atoms with Gasteiger partial charge in [0.2, 0.25) is 0 Å². The molecule has 0 fully saturated rings. The van der Waals surface area contributed by atoms with Crippen molar-refractivity contribution in [2.75, 3.05) is 13.1 Å². The van der Waals surface area contributed by atoms with E-state index in [1.807, 2.05) is 6.54 Å². The summed E-state index contributed by atoms with van der Waals surface area (Å²) in [5, 5.41) is 3.03. The van der Waals surface area contributed by atoms with Crippen LogP contribution in [0.15, 0.2) is 0 Å². The molecule has 0 rings (SSSR count). The molecule has 2 heteroatoms. The van der Waals surface area contributed by atoms with E-state index in [4.69, 9.17) is 5.73 Å². The summed E-state index contributed by atoms with van der Waals surface area (Å²) in [6, 6.07) is 0. The molecule has 0 aliphatic carbocycles. The fourth-order valence-corrected chi connectivity index (χ4v) is 0.330. The molecule has 0 amide bonds. The van der Waals surface area contributed by atoms with Crippen molar-refractivity contribution in [3.05, 3.63) is 6.54 Å². The molecule has 0 aliphatic rings. The van der Waals surface area contributed by atoms with Gasteiger partial charge in [0.25, 0.3) is 0 Å². The van der Waals surface area contributed by atoms with E-state index < -0.39 is 0 Å². The predicted molar refractivity (Wildman–Crippen MR) is 31.6 cm³/mol. The minimum Gasteiger partial charge on any atom is -0.329 e. The van der Waals surface area contributed by atoms with E-state index in [0.29, 0.717) is 0 Å². The van der Waals surface area contributed by atoms with Crippen LogP contribution < -0.4 is 11.1 Å². The fraction of sp³-hybridized carbons (Fsp3) is 0.800. The van der Waals surface area contributed by atoms with Gasteiger partial charge in [0.1, 0.15) is 0 Å². The highest BCUT2D eigenvalue weighted by Gasteiger charge is 1.77. The Morgan fingerprint density at radius 2 is 2.43 bits per heavy atom. The Morgan fingerprint density at radius 1 is 1.71 bits per heavy atom. The lowest BCUT2D eigenvalue weighted by atomic mass is 10.5. The molecule has 0 bridgehead atoms. The lowest BCUT2D eigenvalue weighted by molar-refractivity contribution is 0.758. The molecule has 0 heterocycles. The van der Waals surface area contributed by atoms with Gasteiger partial charge in [-0.25, -0.2) is 0 Å². The summed E-state index contributed by atoms with van der Waals surface area (Å²) in [6.07, 6.45) is 1.07. The third-order valence-electron chi connectivity index (χ3n) is 0.637. The van der Waals surface area contributed by atoms with Gasteiger partial charge in [-0.3, -0.25) is 0 Å². The highest BCUT2D eigenvalue weighted by Crippen LogP contribution is 1.73. The molecule has 2 nitrogen and oxygen atoms in total. The van der Waals surface area contributed by atoms with E-state index in [2.05, 4.69) is 12.2 Å². The third-order valence-corrected chi connectivity index (χ3v) is 0.637. The van der Waals surface area contributed by atoms with Crippen LogP contribution >= 0.6 is 0 Å². The van der Waals surface area contributed by atoms with Gasteiger partial charge >= 0.3 is 0 Å². The van der Waals surface area contributed by atoms with Crippen molar-refractivity contribution < 1.29 is 0 Å². The quantitative estimate of drug-likeness (QED) is 0.493. The first-order valence-electron chi connectivity index (χ1n) is 2.67. The second kappa shape index (κ2) is 5.92.